The molecular weight excluding hydrogens is 361 g/mol. The van der Waals surface area contributed by atoms with Crippen molar-refractivity contribution in [3.8, 4) is 0 Å². The lowest BCUT2D eigenvalue weighted by molar-refractivity contribution is -0.124. The normalized spacial score (nSPS) is 21.4. The van der Waals surface area contributed by atoms with E-state index in [1.54, 1.807) is 36.7 Å². The number of carbonyl (C=O) groups is 1. The predicted octanol–water partition coefficient (Wildman–Crippen LogP) is 5.16. The minimum Gasteiger partial charge on any atom is -0.283 e. The van der Waals surface area contributed by atoms with Crippen molar-refractivity contribution >= 4 is 34.6 Å². The molecule has 1 saturated carbocycles. The van der Waals surface area contributed by atoms with Crippen molar-refractivity contribution in [2.24, 2.45) is 4.99 Å². The number of amidine groups is 1. The summed E-state index contributed by atoms with van der Waals surface area (Å²) < 4.78 is 14.0. The summed E-state index contributed by atoms with van der Waals surface area (Å²) in [7, 11) is 0. The van der Waals surface area contributed by atoms with Crippen LogP contribution < -0.4 is 0 Å². The molecule has 2 aliphatic rings. The van der Waals surface area contributed by atoms with Crippen LogP contribution in [0.15, 0.2) is 58.7 Å². The van der Waals surface area contributed by atoms with Gasteiger partial charge in [0.1, 0.15) is 5.82 Å². The van der Waals surface area contributed by atoms with Gasteiger partial charge in [-0.15, -0.1) is 0 Å². The molecule has 0 radical (unpaired) electrons. The van der Waals surface area contributed by atoms with Gasteiger partial charge in [0.05, 0.1) is 16.8 Å². The summed E-state index contributed by atoms with van der Waals surface area (Å²) in [6, 6.07) is 10.3. The van der Waals surface area contributed by atoms with Gasteiger partial charge < -0.3 is 0 Å². The van der Waals surface area contributed by atoms with Crippen molar-refractivity contribution in [1.29, 1.82) is 0 Å². The van der Waals surface area contributed by atoms with Gasteiger partial charge in [0.25, 0.3) is 5.91 Å². The molecule has 2 fully saturated rings. The van der Waals surface area contributed by atoms with E-state index in [9.17, 15) is 9.18 Å². The fourth-order valence-corrected chi connectivity index (χ4v) is 4.54. The van der Waals surface area contributed by atoms with E-state index in [2.05, 4.69) is 9.98 Å². The lowest BCUT2D eigenvalue weighted by atomic mass is 9.94. The van der Waals surface area contributed by atoms with Crippen LogP contribution in [0.25, 0.3) is 6.08 Å². The Kier molecular flexibility index (Phi) is 5.34. The van der Waals surface area contributed by atoms with E-state index in [1.165, 1.54) is 24.2 Å². The highest BCUT2D eigenvalue weighted by Crippen LogP contribution is 2.38. The molecule has 1 aromatic carbocycles. The van der Waals surface area contributed by atoms with Gasteiger partial charge in [0.2, 0.25) is 0 Å². The van der Waals surface area contributed by atoms with E-state index >= 15 is 0 Å². The maximum Gasteiger partial charge on any atom is 0.267 e. The highest BCUT2D eigenvalue weighted by atomic mass is 32.2. The summed E-state index contributed by atoms with van der Waals surface area (Å²) in [5.74, 6) is -0.418. The van der Waals surface area contributed by atoms with Crippen LogP contribution in [0.3, 0.4) is 0 Å². The van der Waals surface area contributed by atoms with Crippen LogP contribution in [0.4, 0.5) is 10.1 Å². The van der Waals surface area contributed by atoms with E-state index < -0.39 is 0 Å². The molecule has 27 heavy (non-hydrogen) atoms. The highest BCUT2D eigenvalue weighted by Gasteiger charge is 2.38. The van der Waals surface area contributed by atoms with Gasteiger partial charge in [-0.05, 0) is 48.9 Å². The zero-order valence-corrected chi connectivity index (χ0v) is 15.7. The lowest BCUT2D eigenvalue weighted by Gasteiger charge is -2.30. The van der Waals surface area contributed by atoms with E-state index in [4.69, 9.17) is 0 Å². The molecule has 4 rings (SSSR count). The van der Waals surface area contributed by atoms with Gasteiger partial charge in [-0.3, -0.25) is 14.7 Å². The van der Waals surface area contributed by atoms with E-state index in [-0.39, 0.29) is 17.8 Å². The maximum atomic E-state index is 14.0. The Balaban J connectivity index is 1.71. The zero-order chi connectivity index (χ0) is 18.6. The Labute approximate surface area is 162 Å². The van der Waals surface area contributed by atoms with Crippen molar-refractivity contribution in [3.63, 3.8) is 0 Å². The SMILES string of the molecule is O=C1/C(=C/c2ccccc2F)SC(=Nc2cccnc2)N1C1CCCCC1. The number of benzene rings is 1. The number of nitrogens with zero attached hydrogens (tertiary/aromatic N) is 3. The van der Waals surface area contributed by atoms with Crippen LogP contribution in [-0.2, 0) is 4.79 Å². The van der Waals surface area contributed by atoms with Crippen LogP contribution >= 0.6 is 11.8 Å². The monoisotopic (exact) mass is 381 g/mol. The molecular formula is C21H20FN3OS. The quantitative estimate of drug-likeness (QED) is 0.690. The Morgan fingerprint density at radius 1 is 1.15 bits per heavy atom. The first-order valence-electron chi connectivity index (χ1n) is 9.19. The Morgan fingerprint density at radius 3 is 2.70 bits per heavy atom. The standard InChI is InChI=1S/C21H20FN3OS/c22-18-11-5-4-7-15(18)13-19-20(26)25(17-9-2-1-3-10-17)21(27-19)24-16-8-6-12-23-14-16/h4-8,11-14,17H,1-3,9-10H2/b19-13-,24-21?. The van der Waals surface area contributed by atoms with Gasteiger partial charge in [-0.2, -0.15) is 0 Å². The first-order chi connectivity index (χ1) is 13.2. The van der Waals surface area contributed by atoms with Crippen LogP contribution in [0, 0.1) is 5.82 Å². The average Bonchev–Trinajstić information content (AvgIpc) is 3.00. The molecule has 1 saturated heterocycles. The smallest absolute Gasteiger partial charge is 0.267 e. The number of aliphatic imine (C=N–C) groups is 1. The molecule has 2 heterocycles. The number of pyridine rings is 1. The second-order valence-electron chi connectivity index (χ2n) is 6.70. The van der Waals surface area contributed by atoms with Gasteiger partial charge >= 0.3 is 0 Å². The highest BCUT2D eigenvalue weighted by molar-refractivity contribution is 8.18. The van der Waals surface area contributed by atoms with Crippen molar-refractivity contribution in [2.75, 3.05) is 0 Å². The molecule has 6 heteroatoms. The third kappa shape index (κ3) is 3.95. The summed E-state index contributed by atoms with van der Waals surface area (Å²) >= 11 is 1.31. The molecule has 0 N–H and O–H groups in total. The van der Waals surface area contributed by atoms with Crippen molar-refractivity contribution in [3.05, 3.63) is 65.1 Å². The Hall–Kier alpha value is -2.47. The fourth-order valence-electron chi connectivity index (χ4n) is 3.49. The molecule has 0 atom stereocenters. The first kappa shape index (κ1) is 17.9. The summed E-state index contributed by atoms with van der Waals surface area (Å²) in [5, 5.41) is 0.655. The van der Waals surface area contributed by atoms with E-state index in [0.717, 1.165) is 25.7 Å². The zero-order valence-electron chi connectivity index (χ0n) is 14.8. The van der Waals surface area contributed by atoms with E-state index in [1.807, 2.05) is 17.0 Å². The molecule has 138 valence electrons. The van der Waals surface area contributed by atoms with Gasteiger partial charge in [-0.25, -0.2) is 9.38 Å². The third-order valence-electron chi connectivity index (χ3n) is 4.84. The van der Waals surface area contributed by atoms with Crippen molar-refractivity contribution in [1.82, 2.24) is 9.88 Å². The minimum absolute atomic E-state index is 0.0854. The Bertz CT molecular complexity index is 891. The third-order valence-corrected chi connectivity index (χ3v) is 5.82. The number of hydrogen-bond acceptors (Lipinski definition) is 4. The summed E-state index contributed by atoms with van der Waals surface area (Å²) in [5.41, 5.74) is 1.13. The lowest BCUT2D eigenvalue weighted by Crippen LogP contribution is -2.40. The van der Waals surface area contributed by atoms with Crippen molar-refractivity contribution < 1.29 is 9.18 Å². The molecule has 0 unspecified atom stereocenters. The average molecular weight is 381 g/mol. The molecule has 2 aromatic rings. The first-order valence-corrected chi connectivity index (χ1v) is 10.0. The summed E-state index contributed by atoms with van der Waals surface area (Å²) in [6.45, 7) is 0. The van der Waals surface area contributed by atoms with Crippen LogP contribution in [0.5, 0.6) is 0 Å². The molecule has 0 spiro atoms. The van der Waals surface area contributed by atoms with Crippen LogP contribution in [0.2, 0.25) is 0 Å². The molecule has 1 aliphatic carbocycles. The van der Waals surface area contributed by atoms with Crippen LogP contribution in [0.1, 0.15) is 37.7 Å². The second-order valence-corrected chi connectivity index (χ2v) is 7.71. The van der Waals surface area contributed by atoms with Gasteiger partial charge in [-0.1, -0.05) is 37.5 Å². The fraction of sp³-hybridized carbons (Fsp3) is 0.286. The number of amides is 1. The number of carbonyl (C=O) groups excluding carboxylic acids is 1. The van der Waals surface area contributed by atoms with E-state index in [0.29, 0.717) is 21.3 Å². The molecule has 1 amide bonds. The van der Waals surface area contributed by atoms with Crippen LogP contribution in [-0.4, -0.2) is 27.0 Å². The molecule has 1 aliphatic heterocycles. The number of halogens is 1. The topological polar surface area (TPSA) is 45.6 Å². The Morgan fingerprint density at radius 2 is 1.96 bits per heavy atom. The minimum atomic E-state index is -0.333. The number of hydrogen-bond donors (Lipinski definition) is 0. The maximum absolute atomic E-state index is 14.0. The second kappa shape index (κ2) is 8.05. The number of thioether (sulfide) groups is 1. The number of aromatic nitrogens is 1. The van der Waals surface area contributed by atoms with Gasteiger partial charge in [0, 0.05) is 17.8 Å². The molecule has 1 aromatic heterocycles. The molecule has 0 bridgehead atoms. The molecule has 4 nitrogen and oxygen atoms in total. The summed E-state index contributed by atoms with van der Waals surface area (Å²) in [4.78, 5) is 24.2. The predicted molar refractivity (Wildman–Crippen MR) is 107 cm³/mol. The number of rotatable bonds is 3. The summed E-state index contributed by atoms with van der Waals surface area (Å²) in [6.07, 6.45) is 10.4. The largest absolute Gasteiger partial charge is 0.283 e. The van der Waals surface area contributed by atoms with Gasteiger partial charge in [0.15, 0.2) is 5.17 Å². The van der Waals surface area contributed by atoms with Crippen molar-refractivity contribution in [2.45, 2.75) is 38.1 Å².